The molecule has 4 N–H and O–H groups in total. The lowest BCUT2D eigenvalue weighted by molar-refractivity contribution is 0.0698. The molecule has 0 fully saturated rings. The Morgan fingerprint density at radius 2 is 1.89 bits per heavy atom. The van der Waals surface area contributed by atoms with Gasteiger partial charge in [-0.25, -0.2) is 4.79 Å². The van der Waals surface area contributed by atoms with E-state index in [0.717, 1.165) is 11.3 Å². The smallest absolute Gasteiger partial charge is 0.337 e. The van der Waals surface area contributed by atoms with Crippen LogP contribution < -0.4 is 11.1 Å². The molecule has 0 atom stereocenters. The maximum absolute atomic E-state index is 11.0. The number of nitrogen functional groups attached to an aromatic ring is 1. The van der Waals surface area contributed by atoms with Crippen molar-refractivity contribution in [3.05, 3.63) is 53.6 Å². The Labute approximate surface area is 105 Å². The summed E-state index contributed by atoms with van der Waals surface area (Å²) in [6.45, 7) is 2.00. The van der Waals surface area contributed by atoms with E-state index in [1.54, 1.807) is 12.1 Å². The molecule has 2 rings (SSSR count). The van der Waals surface area contributed by atoms with E-state index in [4.69, 9.17) is 10.8 Å². The van der Waals surface area contributed by atoms with Crippen LogP contribution in [0.2, 0.25) is 0 Å². The van der Waals surface area contributed by atoms with Gasteiger partial charge in [0.25, 0.3) is 0 Å². The lowest BCUT2D eigenvalue weighted by Crippen LogP contribution is -2.03. The number of hydrogen-bond acceptors (Lipinski definition) is 3. The molecule has 0 aromatic heterocycles. The Morgan fingerprint density at radius 3 is 2.56 bits per heavy atom. The van der Waals surface area contributed by atoms with Gasteiger partial charge in [-0.1, -0.05) is 12.1 Å². The number of aromatic carboxylic acids is 1. The first-order chi connectivity index (χ1) is 8.56. The normalized spacial score (nSPS) is 10.1. The molecule has 0 bridgehead atoms. The van der Waals surface area contributed by atoms with Crippen LogP contribution in [0.25, 0.3) is 0 Å². The van der Waals surface area contributed by atoms with E-state index in [1.807, 2.05) is 31.2 Å². The van der Waals surface area contributed by atoms with Crippen LogP contribution in [0.4, 0.5) is 17.1 Å². The Morgan fingerprint density at radius 1 is 1.17 bits per heavy atom. The van der Waals surface area contributed by atoms with Crippen LogP contribution in [-0.4, -0.2) is 11.1 Å². The van der Waals surface area contributed by atoms with Gasteiger partial charge in [-0.15, -0.1) is 0 Å². The van der Waals surface area contributed by atoms with E-state index < -0.39 is 5.97 Å². The number of hydrogen-bond donors (Lipinski definition) is 3. The third-order valence-electron chi connectivity index (χ3n) is 2.59. The summed E-state index contributed by atoms with van der Waals surface area (Å²) in [6, 6.07) is 12.7. The first-order valence-corrected chi connectivity index (χ1v) is 5.53. The molecular weight excluding hydrogens is 228 g/mol. The number of nitrogens with two attached hydrogens (primary N) is 1. The third kappa shape index (κ3) is 2.60. The van der Waals surface area contributed by atoms with Crippen LogP contribution in [0.1, 0.15) is 15.9 Å². The Kier molecular flexibility index (Phi) is 3.19. The quantitative estimate of drug-likeness (QED) is 0.723. The first-order valence-electron chi connectivity index (χ1n) is 5.53. The average Bonchev–Trinajstić information content (AvgIpc) is 2.31. The lowest BCUT2D eigenvalue weighted by Gasteiger charge is -2.09. The third-order valence-corrected chi connectivity index (χ3v) is 2.59. The zero-order valence-electron chi connectivity index (χ0n) is 9.97. The van der Waals surface area contributed by atoms with Crippen LogP contribution in [0.5, 0.6) is 0 Å². The van der Waals surface area contributed by atoms with Gasteiger partial charge >= 0.3 is 5.97 Å². The standard InChI is InChI=1S/C14H14N2O2/c1-9-3-2-4-10(7-9)16-11-5-6-13(15)12(8-11)14(17)18/h2-8,16H,15H2,1H3,(H,17,18). The summed E-state index contributed by atoms with van der Waals surface area (Å²) in [5.74, 6) is -1.03. The van der Waals surface area contributed by atoms with Crippen LogP contribution >= 0.6 is 0 Å². The molecule has 0 heterocycles. The highest BCUT2D eigenvalue weighted by molar-refractivity contribution is 5.95. The number of benzene rings is 2. The molecular formula is C14H14N2O2. The molecule has 2 aromatic rings. The van der Waals surface area contributed by atoms with Crippen molar-refractivity contribution in [2.24, 2.45) is 0 Å². The molecule has 0 amide bonds. The minimum Gasteiger partial charge on any atom is -0.478 e. The minimum atomic E-state index is -1.03. The second-order valence-corrected chi connectivity index (χ2v) is 4.10. The number of nitrogens with one attached hydrogen (secondary N) is 1. The molecule has 0 saturated carbocycles. The first kappa shape index (κ1) is 12.0. The minimum absolute atomic E-state index is 0.104. The molecule has 18 heavy (non-hydrogen) atoms. The van der Waals surface area contributed by atoms with E-state index in [9.17, 15) is 4.79 Å². The summed E-state index contributed by atoms with van der Waals surface area (Å²) in [5, 5.41) is 12.1. The number of carboxylic acids is 1. The van der Waals surface area contributed by atoms with Gasteiger partial charge in [0.2, 0.25) is 0 Å². The molecule has 0 spiro atoms. The fourth-order valence-corrected chi connectivity index (χ4v) is 1.71. The molecule has 92 valence electrons. The van der Waals surface area contributed by atoms with Crippen molar-refractivity contribution in [1.82, 2.24) is 0 Å². The number of anilines is 3. The maximum Gasteiger partial charge on any atom is 0.337 e. The molecule has 4 nitrogen and oxygen atoms in total. The molecule has 0 aliphatic rings. The van der Waals surface area contributed by atoms with Crippen molar-refractivity contribution >= 4 is 23.0 Å². The van der Waals surface area contributed by atoms with Crippen molar-refractivity contribution in [3.8, 4) is 0 Å². The number of carboxylic acid groups (broad SMARTS) is 1. The van der Waals surface area contributed by atoms with E-state index in [-0.39, 0.29) is 11.3 Å². The molecule has 0 saturated heterocycles. The van der Waals surface area contributed by atoms with E-state index in [1.165, 1.54) is 6.07 Å². The van der Waals surface area contributed by atoms with Crippen LogP contribution in [0.3, 0.4) is 0 Å². The Hall–Kier alpha value is -2.49. The largest absolute Gasteiger partial charge is 0.478 e. The predicted octanol–water partition coefficient (Wildman–Crippen LogP) is 3.02. The van der Waals surface area contributed by atoms with Crippen LogP contribution in [0, 0.1) is 6.92 Å². The van der Waals surface area contributed by atoms with Crippen molar-refractivity contribution in [2.45, 2.75) is 6.92 Å². The second-order valence-electron chi connectivity index (χ2n) is 4.10. The van der Waals surface area contributed by atoms with Gasteiger partial charge in [0.15, 0.2) is 0 Å². The Balaban J connectivity index is 2.30. The summed E-state index contributed by atoms with van der Waals surface area (Å²) in [7, 11) is 0. The molecule has 0 radical (unpaired) electrons. The number of rotatable bonds is 3. The second kappa shape index (κ2) is 4.79. The fourth-order valence-electron chi connectivity index (χ4n) is 1.71. The zero-order chi connectivity index (χ0) is 13.1. The van der Waals surface area contributed by atoms with Gasteiger partial charge in [-0.05, 0) is 42.8 Å². The number of aryl methyl sites for hydroxylation is 1. The van der Waals surface area contributed by atoms with E-state index in [0.29, 0.717) is 5.69 Å². The molecule has 2 aromatic carbocycles. The van der Waals surface area contributed by atoms with Gasteiger partial charge in [0.05, 0.1) is 5.56 Å². The van der Waals surface area contributed by atoms with Crippen LogP contribution in [0.15, 0.2) is 42.5 Å². The summed E-state index contributed by atoms with van der Waals surface area (Å²) in [4.78, 5) is 11.0. The summed E-state index contributed by atoms with van der Waals surface area (Å²) in [5.41, 5.74) is 8.71. The van der Waals surface area contributed by atoms with Gasteiger partial charge in [0, 0.05) is 17.1 Å². The summed E-state index contributed by atoms with van der Waals surface area (Å²) in [6.07, 6.45) is 0. The highest BCUT2D eigenvalue weighted by atomic mass is 16.4. The average molecular weight is 242 g/mol. The zero-order valence-corrected chi connectivity index (χ0v) is 9.97. The lowest BCUT2D eigenvalue weighted by atomic mass is 10.1. The maximum atomic E-state index is 11.0. The topological polar surface area (TPSA) is 75.3 Å². The van der Waals surface area contributed by atoms with E-state index in [2.05, 4.69) is 5.32 Å². The fraction of sp³-hybridized carbons (Fsp3) is 0.0714. The number of carbonyl (C=O) groups is 1. The van der Waals surface area contributed by atoms with Gasteiger partial charge < -0.3 is 16.2 Å². The monoisotopic (exact) mass is 242 g/mol. The highest BCUT2D eigenvalue weighted by Crippen LogP contribution is 2.22. The molecule has 0 aliphatic carbocycles. The molecule has 4 heteroatoms. The van der Waals surface area contributed by atoms with Crippen LogP contribution in [-0.2, 0) is 0 Å². The Bertz CT molecular complexity index is 594. The summed E-state index contributed by atoms with van der Waals surface area (Å²) >= 11 is 0. The highest BCUT2D eigenvalue weighted by Gasteiger charge is 2.08. The molecule has 0 aliphatic heterocycles. The SMILES string of the molecule is Cc1cccc(Nc2ccc(N)c(C(=O)O)c2)c1. The molecule has 0 unspecified atom stereocenters. The van der Waals surface area contributed by atoms with Crippen molar-refractivity contribution < 1.29 is 9.90 Å². The van der Waals surface area contributed by atoms with Gasteiger partial charge in [-0.2, -0.15) is 0 Å². The summed E-state index contributed by atoms with van der Waals surface area (Å²) < 4.78 is 0. The van der Waals surface area contributed by atoms with E-state index >= 15 is 0 Å². The predicted molar refractivity (Wildman–Crippen MR) is 72.3 cm³/mol. The van der Waals surface area contributed by atoms with Crippen molar-refractivity contribution in [3.63, 3.8) is 0 Å². The van der Waals surface area contributed by atoms with Gasteiger partial charge in [0.1, 0.15) is 0 Å². The van der Waals surface area contributed by atoms with Crippen molar-refractivity contribution in [1.29, 1.82) is 0 Å². The van der Waals surface area contributed by atoms with Crippen molar-refractivity contribution in [2.75, 3.05) is 11.1 Å². The van der Waals surface area contributed by atoms with Gasteiger partial charge in [-0.3, -0.25) is 0 Å².